The van der Waals surface area contributed by atoms with Gasteiger partial charge in [-0.25, -0.2) is 0 Å². The van der Waals surface area contributed by atoms with E-state index in [1.165, 1.54) is 0 Å². The normalized spacial score (nSPS) is 10.6. The number of ether oxygens (including phenoxy) is 1. The number of hydrogen-bond donors (Lipinski definition) is 0. The van der Waals surface area contributed by atoms with Crippen molar-refractivity contribution in [3.05, 3.63) is 63.9 Å². The van der Waals surface area contributed by atoms with E-state index >= 15 is 0 Å². The molecule has 0 spiro atoms. The molecule has 1 heterocycles. The summed E-state index contributed by atoms with van der Waals surface area (Å²) in [7, 11) is 0. The third-order valence-electron chi connectivity index (χ3n) is 2.86. The number of aryl methyl sites for hydroxylation is 1. The van der Waals surface area contributed by atoms with Crippen LogP contribution in [0.1, 0.15) is 5.69 Å². The van der Waals surface area contributed by atoms with Crippen molar-refractivity contribution in [3.63, 3.8) is 0 Å². The molecule has 0 amide bonds. The Morgan fingerprint density at radius 3 is 2.53 bits per heavy atom. The van der Waals surface area contributed by atoms with Gasteiger partial charge in [0.25, 0.3) is 0 Å². The fourth-order valence-corrected chi connectivity index (χ4v) is 2.50. The first-order valence-corrected chi connectivity index (χ1v) is 7.11. The number of fused-ring (bicyclic) bond motifs is 1. The van der Waals surface area contributed by atoms with Crippen LogP contribution in [0.3, 0.4) is 0 Å². The molecule has 0 aliphatic rings. The zero-order valence-corrected chi connectivity index (χ0v) is 12.6. The summed E-state index contributed by atoms with van der Waals surface area (Å²) >= 11 is 2.28. The lowest BCUT2D eigenvalue weighted by molar-refractivity contribution is 0.484. The molecule has 0 saturated heterocycles. The molecule has 0 aliphatic carbocycles. The molecular formula is C16H12INO. The average Bonchev–Trinajstić information content (AvgIpc) is 2.41. The Balaban J connectivity index is 2.13. The van der Waals surface area contributed by atoms with E-state index in [1.807, 2.05) is 61.5 Å². The molecule has 0 aliphatic heterocycles. The van der Waals surface area contributed by atoms with Gasteiger partial charge in [0.05, 0.1) is 9.09 Å². The summed E-state index contributed by atoms with van der Waals surface area (Å²) in [6.07, 6.45) is 0. The molecule has 94 valence electrons. The lowest BCUT2D eigenvalue weighted by atomic mass is 10.2. The van der Waals surface area contributed by atoms with Gasteiger partial charge in [-0.05, 0) is 53.8 Å². The summed E-state index contributed by atoms with van der Waals surface area (Å²) < 4.78 is 7.15. The van der Waals surface area contributed by atoms with Crippen molar-refractivity contribution in [2.45, 2.75) is 6.92 Å². The van der Waals surface area contributed by atoms with Crippen molar-refractivity contribution in [3.8, 4) is 11.5 Å². The zero-order chi connectivity index (χ0) is 13.2. The fraction of sp³-hybridized carbons (Fsp3) is 0.0625. The number of rotatable bonds is 2. The molecule has 2 nitrogen and oxygen atoms in total. The van der Waals surface area contributed by atoms with Crippen LogP contribution in [0.15, 0.2) is 54.6 Å². The van der Waals surface area contributed by atoms with Gasteiger partial charge in [-0.1, -0.05) is 24.3 Å². The number of pyridine rings is 1. The van der Waals surface area contributed by atoms with E-state index in [2.05, 4.69) is 27.6 Å². The lowest BCUT2D eigenvalue weighted by Gasteiger charge is -2.11. The molecule has 0 unspecified atom stereocenters. The predicted molar refractivity (Wildman–Crippen MR) is 85.7 cm³/mol. The number of benzene rings is 2. The van der Waals surface area contributed by atoms with Gasteiger partial charge in [-0.2, -0.15) is 0 Å². The van der Waals surface area contributed by atoms with E-state index < -0.39 is 0 Å². The summed E-state index contributed by atoms with van der Waals surface area (Å²) in [5.41, 5.74) is 1.92. The van der Waals surface area contributed by atoms with Crippen LogP contribution in [0.2, 0.25) is 0 Å². The van der Waals surface area contributed by atoms with Gasteiger partial charge >= 0.3 is 0 Å². The van der Waals surface area contributed by atoms with Crippen molar-refractivity contribution in [1.29, 1.82) is 0 Å². The van der Waals surface area contributed by atoms with Gasteiger partial charge in [0, 0.05) is 17.1 Å². The second kappa shape index (κ2) is 5.17. The highest BCUT2D eigenvalue weighted by atomic mass is 127. The molecule has 2 aromatic carbocycles. The number of nitrogens with zero attached hydrogens (tertiary/aromatic N) is 1. The van der Waals surface area contributed by atoms with Gasteiger partial charge in [0.15, 0.2) is 0 Å². The third-order valence-corrected chi connectivity index (χ3v) is 3.75. The van der Waals surface area contributed by atoms with E-state index in [1.54, 1.807) is 0 Å². The minimum absolute atomic E-state index is 0.854. The van der Waals surface area contributed by atoms with Crippen LogP contribution >= 0.6 is 22.6 Å². The number of aromatic nitrogens is 1. The van der Waals surface area contributed by atoms with Crippen molar-refractivity contribution in [2.24, 2.45) is 0 Å². The van der Waals surface area contributed by atoms with Gasteiger partial charge < -0.3 is 4.74 Å². The zero-order valence-electron chi connectivity index (χ0n) is 10.4. The first-order chi connectivity index (χ1) is 9.24. The van der Waals surface area contributed by atoms with E-state index in [4.69, 9.17) is 4.74 Å². The van der Waals surface area contributed by atoms with Crippen molar-refractivity contribution >= 4 is 33.5 Å². The molecule has 0 bridgehead atoms. The van der Waals surface area contributed by atoms with E-state index in [0.717, 1.165) is 31.7 Å². The van der Waals surface area contributed by atoms with Gasteiger partial charge in [-0.15, -0.1) is 0 Å². The topological polar surface area (TPSA) is 22.1 Å². The first-order valence-electron chi connectivity index (χ1n) is 6.03. The van der Waals surface area contributed by atoms with Crippen LogP contribution in [0, 0.1) is 10.5 Å². The van der Waals surface area contributed by atoms with Crippen LogP contribution in [-0.4, -0.2) is 4.98 Å². The Hall–Kier alpha value is -1.62. The Morgan fingerprint density at radius 1 is 0.947 bits per heavy atom. The SMILES string of the molecule is Cc1cc(Oc2ccccc2I)c2ccccc2n1. The molecule has 0 fully saturated rings. The summed E-state index contributed by atoms with van der Waals surface area (Å²) in [5.74, 6) is 1.73. The molecule has 0 N–H and O–H groups in total. The molecule has 0 radical (unpaired) electrons. The second-order valence-electron chi connectivity index (χ2n) is 4.31. The smallest absolute Gasteiger partial charge is 0.140 e. The standard InChI is InChI=1S/C16H12INO/c1-11-10-16(12-6-2-4-8-14(12)18-11)19-15-9-5-3-7-13(15)17/h2-10H,1H3. The highest BCUT2D eigenvalue weighted by molar-refractivity contribution is 14.1. The highest BCUT2D eigenvalue weighted by Gasteiger charge is 2.07. The van der Waals surface area contributed by atoms with Crippen LogP contribution in [-0.2, 0) is 0 Å². The highest BCUT2D eigenvalue weighted by Crippen LogP contribution is 2.31. The number of para-hydroxylation sites is 2. The Kier molecular flexibility index (Phi) is 3.38. The largest absolute Gasteiger partial charge is 0.455 e. The van der Waals surface area contributed by atoms with Crippen LogP contribution in [0.25, 0.3) is 10.9 Å². The minimum Gasteiger partial charge on any atom is -0.455 e. The van der Waals surface area contributed by atoms with Crippen LogP contribution in [0.5, 0.6) is 11.5 Å². The van der Waals surface area contributed by atoms with Crippen molar-refractivity contribution < 1.29 is 4.74 Å². The second-order valence-corrected chi connectivity index (χ2v) is 5.47. The number of halogens is 1. The molecule has 1 aromatic heterocycles. The lowest BCUT2D eigenvalue weighted by Crippen LogP contribution is -1.91. The van der Waals surface area contributed by atoms with Crippen LogP contribution in [0.4, 0.5) is 0 Å². The van der Waals surface area contributed by atoms with E-state index in [0.29, 0.717) is 0 Å². The molecule has 3 heteroatoms. The molecule has 19 heavy (non-hydrogen) atoms. The first kappa shape index (κ1) is 12.4. The molecule has 3 rings (SSSR count). The van der Waals surface area contributed by atoms with E-state index in [9.17, 15) is 0 Å². The number of hydrogen-bond acceptors (Lipinski definition) is 2. The summed E-state index contributed by atoms with van der Waals surface area (Å²) in [4.78, 5) is 4.52. The maximum absolute atomic E-state index is 6.06. The summed E-state index contributed by atoms with van der Waals surface area (Å²) in [6.45, 7) is 1.98. The molecule has 0 atom stereocenters. The average molecular weight is 361 g/mol. The predicted octanol–water partition coefficient (Wildman–Crippen LogP) is 4.94. The Bertz CT molecular complexity index is 740. The molecular weight excluding hydrogens is 349 g/mol. The maximum Gasteiger partial charge on any atom is 0.140 e. The maximum atomic E-state index is 6.06. The van der Waals surface area contributed by atoms with Gasteiger partial charge in [0.1, 0.15) is 11.5 Å². The summed E-state index contributed by atoms with van der Waals surface area (Å²) in [6, 6.07) is 18.0. The summed E-state index contributed by atoms with van der Waals surface area (Å²) in [5, 5.41) is 1.03. The van der Waals surface area contributed by atoms with Gasteiger partial charge in [-0.3, -0.25) is 4.98 Å². The quantitative estimate of drug-likeness (QED) is 0.603. The van der Waals surface area contributed by atoms with E-state index in [-0.39, 0.29) is 0 Å². The molecule has 3 aromatic rings. The van der Waals surface area contributed by atoms with Gasteiger partial charge in [0.2, 0.25) is 0 Å². The molecule has 0 saturated carbocycles. The fourth-order valence-electron chi connectivity index (χ4n) is 2.00. The van der Waals surface area contributed by atoms with Crippen molar-refractivity contribution in [2.75, 3.05) is 0 Å². The minimum atomic E-state index is 0.854. The third kappa shape index (κ3) is 2.56. The van der Waals surface area contributed by atoms with Crippen molar-refractivity contribution in [1.82, 2.24) is 4.98 Å². The van der Waals surface area contributed by atoms with Crippen LogP contribution < -0.4 is 4.74 Å². The Labute approximate surface area is 125 Å². The Morgan fingerprint density at radius 2 is 1.68 bits per heavy atom. The monoisotopic (exact) mass is 361 g/mol.